The predicted octanol–water partition coefficient (Wildman–Crippen LogP) is 3.70. The van der Waals surface area contributed by atoms with Crippen LogP contribution < -0.4 is 10.5 Å². The normalized spacial score (nSPS) is 17.0. The number of nitrogens with two attached hydrogens (primary N) is 1. The van der Waals surface area contributed by atoms with E-state index in [1.165, 1.54) is 49.7 Å². The van der Waals surface area contributed by atoms with Gasteiger partial charge in [-0.3, -0.25) is 0 Å². The minimum absolute atomic E-state index is 0.496. The second kappa shape index (κ2) is 11.5. The van der Waals surface area contributed by atoms with Crippen LogP contribution in [-0.4, -0.2) is 37.1 Å². The minimum atomic E-state index is 0.496. The highest BCUT2D eigenvalue weighted by atomic mass is 32.2. The quantitative estimate of drug-likeness (QED) is 0.822. The van der Waals surface area contributed by atoms with Crippen LogP contribution in [0, 0.1) is 0 Å². The van der Waals surface area contributed by atoms with Crippen LogP contribution in [0.25, 0.3) is 0 Å². The van der Waals surface area contributed by atoms with Crippen LogP contribution in [0.3, 0.4) is 0 Å². The van der Waals surface area contributed by atoms with Gasteiger partial charge in [0.05, 0.1) is 0 Å². The summed E-state index contributed by atoms with van der Waals surface area (Å²) in [6.07, 6.45) is 3.88. The van der Waals surface area contributed by atoms with Gasteiger partial charge in [-0.2, -0.15) is 0 Å². The maximum Gasteiger partial charge on any atom is 0.106 e. The fraction of sp³-hybridized carbons (Fsp3) is 0.611. The lowest BCUT2D eigenvalue weighted by Crippen LogP contribution is -2.26. The molecule has 1 fully saturated rings. The summed E-state index contributed by atoms with van der Waals surface area (Å²) in [5, 5.41) is 0. The fourth-order valence-corrected chi connectivity index (χ4v) is 3.02. The summed E-state index contributed by atoms with van der Waals surface area (Å²) in [7, 11) is 3.69. The van der Waals surface area contributed by atoms with Crippen molar-refractivity contribution in [3.05, 3.63) is 29.3 Å². The van der Waals surface area contributed by atoms with Crippen molar-refractivity contribution in [1.82, 2.24) is 4.90 Å². The first-order chi connectivity index (χ1) is 11.1. The molecule has 1 aliphatic heterocycles. The lowest BCUT2D eigenvalue weighted by molar-refractivity contribution is -0.0979. The van der Waals surface area contributed by atoms with Crippen LogP contribution in [-0.2, 0) is 17.8 Å². The molecule has 2 aliphatic rings. The molecule has 132 valence electrons. The molecule has 4 nitrogen and oxygen atoms in total. The summed E-state index contributed by atoms with van der Waals surface area (Å²) in [6.45, 7) is 10.6. The molecule has 0 bridgehead atoms. The number of anilines is 1. The number of carbonyl (C=O) groups excluding carboxylic acids is 1. The molecule has 3 rings (SSSR count). The number of likely N-dealkylation sites (N-methyl/N-ethyl adjacent to an activating group) is 1. The Morgan fingerprint density at radius 1 is 1.22 bits per heavy atom. The number of nitrogens with zero attached hydrogens (tertiary/aromatic N) is 1. The molecular weight excluding hydrogens is 306 g/mol. The summed E-state index contributed by atoms with van der Waals surface area (Å²) in [5.74, 6) is 0. The van der Waals surface area contributed by atoms with Crippen molar-refractivity contribution in [3.8, 4) is 0 Å². The maximum absolute atomic E-state index is 8.00. The number of rotatable bonds is 3. The Morgan fingerprint density at radius 2 is 1.83 bits per heavy atom. The van der Waals surface area contributed by atoms with E-state index in [4.69, 9.17) is 4.79 Å². The summed E-state index contributed by atoms with van der Waals surface area (Å²) in [6, 6.07) is 6.83. The van der Waals surface area contributed by atoms with Gasteiger partial charge in [-0.25, -0.2) is 0 Å². The molecule has 1 aliphatic carbocycles. The van der Waals surface area contributed by atoms with E-state index in [2.05, 4.69) is 47.5 Å². The first-order valence-electron chi connectivity index (χ1n) is 8.26. The van der Waals surface area contributed by atoms with Gasteiger partial charge in [-0.15, -0.1) is 0 Å². The van der Waals surface area contributed by atoms with Crippen LogP contribution >= 0.6 is 11.9 Å². The lowest BCUT2D eigenvalue weighted by Gasteiger charge is -2.25. The van der Waals surface area contributed by atoms with Crippen molar-refractivity contribution in [2.45, 2.75) is 51.3 Å². The molecule has 0 unspecified atom stereocenters. The lowest BCUT2D eigenvalue weighted by atomic mass is 10.00. The Labute approximate surface area is 146 Å². The van der Waals surface area contributed by atoms with Gasteiger partial charge in [-0.1, -0.05) is 19.9 Å². The molecule has 1 aromatic rings. The van der Waals surface area contributed by atoms with Gasteiger partial charge in [0.15, 0.2) is 0 Å². The van der Waals surface area contributed by atoms with Crippen LogP contribution in [0.5, 0.6) is 0 Å². The van der Waals surface area contributed by atoms with Crippen molar-refractivity contribution in [3.63, 3.8) is 0 Å². The average molecular weight is 340 g/mol. The molecule has 0 spiro atoms. The molecule has 3 N–H and O–H groups in total. The van der Waals surface area contributed by atoms with E-state index >= 15 is 0 Å². The highest BCUT2D eigenvalue weighted by Gasteiger charge is 2.38. The molecule has 0 saturated heterocycles. The van der Waals surface area contributed by atoms with Crippen molar-refractivity contribution < 1.29 is 4.79 Å². The number of nitrogens with one attached hydrogen (secondary N) is 1. The third kappa shape index (κ3) is 7.38. The molecule has 0 aromatic heterocycles. The van der Waals surface area contributed by atoms with Gasteiger partial charge in [0.2, 0.25) is 0 Å². The van der Waals surface area contributed by atoms with E-state index in [0.717, 1.165) is 6.54 Å². The Morgan fingerprint density at radius 3 is 2.39 bits per heavy atom. The Kier molecular flexibility index (Phi) is 11.0. The standard InChI is InChI=1S/C14H20N2S.C2H6.CH5N.CH2O/c1-14(6-7-14)17-15-13-4-3-12-10-16(2)8-5-11(12)9-13;3*1-2/h3-4,9,15H,5-8,10H2,1-2H3;1-2H3;2H2,1H3;1H2. The predicted molar refractivity (Wildman–Crippen MR) is 104 cm³/mol. The second-order valence-corrected chi connectivity index (χ2v) is 7.02. The largest absolute Gasteiger partial charge is 0.333 e. The van der Waals surface area contributed by atoms with Crippen molar-refractivity contribution >= 4 is 24.4 Å². The van der Waals surface area contributed by atoms with Crippen molar-refractivity contribution in [2.24, 2.45) is 5.73 Å². The fourth-order valence-electron chi connectivity index (χ4n) is 2.22. The van der Waals surface area contributed by atoms with Gasteiger partial charge < -0.3 is 20.2 Å². The molecule has 0 radical (unpaired) electrons. The van der Waals surface area contributed by atoms with Gasteiger partial charge in [0, 0.05) is 23.5 Å². The molecule has 1 aromatic carbocycles. The molecule has 0 amide bonds. The van der Waals surface area contributed by atoms with Crippen LogP contribution in [0.15, 0.2) is 18.2 Å². The molecule has 1 saturated carbocycles. The van der Waals surface area contributed by atoms with Gasteiger partial charge >= 0.3 is 0 Å². The maximum atomic E-state index is 8.00. The van der Waals surface area contributed by atoms with E-state index in [9.17, 15) is 0 Å². The monoisotopic (exact) mass is 339 g/mol. The zero-order chi connectivity index (χ0) is 17.9. The number of carbonyl (C=O) groups is 1. The van der Waals surface area contributed by atoms with Crippen LogP contribution in [0.4, 0.5) is 5.69 Å². The molecular formula is C18H33N3OS. The van der Waals surface area contributed by atoms with Crippen molar-refractivity contribution in [2.75, 3.05) is 25.4 Å². The zero-order valence-electron chi connectivity index (χ0n) is 15.3. The second-order valence-electron chi connectivity index (χ2n) is 5.63. The average Bonchev–Trinajstić information content (AvgIpc) is 3.36. The number of hydrogen-bond donors (Lipinski definition) is 2. The smallest absolute Gasteiger partial charge is 0.106 e. The van der Waals surface area contributed by atoms with E-state index in [-0.39, 0.29) is 0 Å². The van der Waals surface area contributed by atoms with E-state index in [1.807, 2.05) is 32.6 Å². The number of fused-ring (bicyclic) bond motifs is 1. The molecule has 0 atom stereocenters. The Balaban J connectivity index is 0.000000728. The highest BCUT2D eigenvalue weighted by molar-refractivity contribution is 8.02. The summed E-state index contributed by atoms with van der Waals surface area (Å²) >= 11 is 1.89. The summed E-state index contributed by atoms with van der Waals surface area (Å²) < 4.78 is 4.01. The highest BCUT2D eigenvalue weighted by Crippen LogP contribution is 2.47. The molecule has 5 heteroatoms. The first-order valence-corrected chi connectivity index (χ1v) is 9.07. The third-order valence-corrected chi connectivity index (χ3v) is 5.02. The Hall–Kier alpha value is -1.04. The van der Waals surface area contributed by atoms with Crippen molar-refractivity contribution in [1.29, 1.82) is 0 Å². The number of benzene rings is 1. The Bertz CT molecular complexity index is 450. The SMILES string of the molecule is C=O.CC.CN.CN1CCc2cc(NSC3(C)CC3)ccc2C1. The minimum Gasteiger partial charge on any atom is -0.333 e. The topological polar surface area (TPSA) is 58.4 Å². The summed E-state index contributed by atoms with van der Waals surface area (Å²) in [5.41, 5.74) is 8.79. The van der Waals surface area contributed by atoms with Crippen LogP contribution in [0.2, 0.25) is 0 Å². The van der Waals surface area contributed by atoms with Gasteiger partial charge in [-0.05, 0) is 75.5 Å². The van der Waals surface area contributed by atoms with E-state index < -0.39 is 0 Å². The molecule has 23 heavy (non-hydrogen) atoms. The van der Waals surface area contributed by atoms with Crippen LogP contribution in [0.1, 0.15) is 44.7 Å². The molecule has 1 heterocycles. The van der Waals surface area contributed by atoms with E-state index in [0.29, 0.717) is 4.75 Å². The van der Waals surface area contributed by atoms with Gasteiger partial charge in [0.1, 0.15) is 6.79 Å². The third-order valence-electron chi connectivity index (χ3n) is 3.78. The van der Waals surface area contributed by atoms with E-state index in [1.54, 1.807) is 0 Å². The number of hydrogen-bond acceptors (Lipinski definition) is 5. The van der Waals surface area contributed by atoms with Gasteiger partial charge in [0.25, 0.3) is 0 Å². The zero-order valence-corrected chi connectivity index (χ0v) is 16.1. The first kappa shape index (κ1) is 22.0. The summed E-state index contributed by atoms with van der Waals surface area (Å²) in [4.78, 5) is 10.4.